The van der Waals surface area contributed by atoms with E-state index in [1.165, 1.54) is 12.1 Å². The van der Waals surface area contributed by atoms with Crippen LogP contribution in [-0.4, -0.2) is 8.76 Å². The number of halogens is 2. The second-order valence-corrected chi connectivity index (χ2v) is 3.61. The first kappa shape index (κ1) is 12.7. The monoisotopic (exact) mass is 260 g/mol. The minimum Gasteiger partial charge on any atom is -0.768 e. The summed E-state index contributed by atoms with van der Waals surface area (Å²) in [6.45, 7) is 0. The zero-order chi connectivity index (χ0) is 8.43. The quantitative estimate of drug-likeness (QED) is 0.472. The van der Waals surface area contributed by atoms with Crippen molar-refractivity contribution in [1.82, 2.24) is 0 Å². The van der Waals surface area contributed by atoms with Gasteiger partial charge in [-0.25, -0.2) is 4.39 Å². The third kappa shape index (κ3) is 3.24. The second-order valence-electron chi connectivity index (χ2n) is 1.81. The minimum absolute atomic E-state index is 0. The van der Waals surface area contributed by atoms with E-state index in [1.807, 2.05) is 0 Å². The van der Waals surface area contributed by atoms with E-state index in [4.69, 9.17) is 0 Å². The van der Waals surface area contributed by atoms with Crippen LogP contribution in [0.15, 0.2) is 27.6 Å². The van der Waals surface area contributed by atoms with E-state index in [0.717, 1.165) is 6.07 Å². The largest absolute Gasteiger partial charge is 1.00 e. The Balaban J connectivity index is 0.00000121. The van der Waals surface area contributed by atoms with Crippen molar-refractivity contribution in [2.24, 2.45) is 0 Å². The van der Waals surface area contributed by atoms with Crippen molar-refractivity contribution in [2.45, 2.75) is 4.90 Å². The molecular weight excluding hydrogens is 258 g/mol. The molecule has 0 amide bonds. The summed E-state index contributed by atoms with van der Waals surface area (Å²) in [4.78, 5) is -0.0503. The Bertz CT molecular complexity index is 308. The summed E-state index contributed by atoms with van der Waals surface area (Å²) >= 11 is 0.544. The summed E-state index contributed by atoms with van der Waals surface area (Å²) in [6, 6.07) is 3.62. The van der Waals surface area contributed by atoms with Crippen LogP contribution in [0, 0.1) is 5.82 Å². The Morgan fingerprint density at radius 1 is 1.50 bits per heavy atom. The van der Waals surface area contributed by atoms with Crippen LogP contribution in [0.3, 0.4) is 0 Å². The van der Waals surface area contributed by atoms with Gasteiger partial charge < -0.3 is 4.55 Å². The van der Waals surface area contributed by atoms with E-state index in [0.29, 0.717) is 0 Å². The van der Waals surface area contributed by atoms with Crippen LogP contribution < -0.4 is 29.6 Å². The molecule has 0 bridgehead atoms. The van der Waals surface area contributed by atoms with Crippen molar-refractivity contribution in [3.8, 4) is 0 Å². The standard InChI is InChI=1S/C6H4BrFO2S.Na/c7-5-2-1-4(11(9)10)3-6(5)8;/h1-3H,(H,9,10);/q;+1/p-1. The molecule has 0 fully saturated rings. The van der Waals surface area contributed by atoms with E-state index < -0.39 is 16.9 Å². The van der Waals surface area contributed by atoms with Crippen molar-refractivity contribution in [2.75, 3.05) is 0 Å². The van der Waals surface area contributed by atoms with Crippen molar-refractivity contribution in [1.29, 1.82) is 0 Å². The first-order valence-corrected chi connectivity index (χ1v) is 4.52. The molecular formula is C6H3BrFNaO2S. The molecule has 0 heterocycles. The molecule has 0 aliphatic heterocycles. The molecule has 0 saturated carbocycles. The van der Waals surface area contributed by atoms with Gasteiger partial charge in [0.15, 0.2) is 0 Å². The molecule has 6 heteroatoms. The number of hydrogen-bond donors (Lipinski definition) is 0. The van der Waals surface area contributed by atoms with E-state index in [9.17, 15) is 13.2 Å². The van der Waals surface area contributed by atoms with Gasteiger partial charge in [-0.1, -0.05) is 0 Å². The summed E-state index contributed by atoms with van der Waals surface area (Å²) in [5.74, 6) is -0.577. The second kappa shape index (κ2) is 5.47. The van der Waals surface area contributed by atoms with Crippen molar-refractivity contribution in [3.63, 3.8) is 0 Å². The molecule has 0 N–H and O–H groups in total. The normalized spacial score (nSPS) is 11.9. The van der Waals surface area contributed by atoms with Gasteiger partial charge in [-0.15, -0.1) is 0 Å². The Hall–Kier alpha value is 0.740. The van der Waals surface area contributed by atoms with Gasteiger partial charge in [0.1, 0.15) is 5.82 Å². The van der Waals surface area contributed by atoms with Crippen LogP contribution in [0.5, 0.6) is 0 Å². The SMILES string of the molecule is O=S([O-])c1ccc(Br)c(F)c1.[Na+]. The summed E-state index contributed by atoms with van der Waals surface area (Å²) in [7, 11) is 0. The van der Waals surface area contributed by atoms with E-state index in [-0.39, 0.29) is 38.9 Å². The van der Waals surface area contributed by atoms with Crippen LogP contribution in [-0.2, 0) is 11.1 Å². The third-order valence-electron chi connectivity index (χ3n) is 1.08. The molecule has 1 atom stereocenters. The molecule has 0 aliphatic carbocycles. The smallest absolute Gasteiger partial charge is 0.768 e. The molecule has 1 aromatic rings. The van der Waals surface area contributed by atoms with Crippen LogP contribution in [0.4, 0.5) is 4.39 Å². The van der Waals surface area contributed by atoms with Crippen molar-refractivity contribution in [3.05, 3.63) is 28.5 Å². The summed E-state index contributed by atoms with van der Waals surface area (Å²) < 4.78 is 33.4. The van der Waals surface area contributed by atoms with Gasteiger partial charge in [0.2, 0.25) is 0 Å². The van der Waals surface area contributed by atoms with Crippen LogP contribution in [0.2, 0.25) is 0 Å². The zero-order valence-corrected chi connectivity index (χ0v) is 10.6. The van der Waals surface area contributed by atoms with Gasteiger partial charge in [0.05, 0.1) is 4.47 Å². The fourth-order valence-corrected chi connectivity index (χ4v) is 1.21. The Labute approximate surface area is 102 Å². The average molecular weight is 261 g/mol. The molecule has 12 heavy (non-hydrogen) atoms. The molecule has 0 aliphatic rings. The summed E-state index contributed by atoms with van der Waals surface area (Å²) in [5, 5.41) is 0. The van der Waals surface area contributed by atoms with Crippen molar-refractivity contribution >= 4 is 27.0 Å². The Kier molecular flexibility index (Phi) is 5.80. The van der Waals surface area contributed by atoms with Gasteiger partial charge in [0, 0.05) is 4.90 Å². The fraction of sp³-hybridized carbons (Fsp3) is 0. The first-order valence-electron chi connectivity index (χ1n) is 2.65. The Morgan fingerprint density at radius 2 is 2.08 bits per heavy atom. The van der Waals surface area contributed by atoms with Gasteiger partial charge in [0.25, 0.3) is 0 Å². The van der Waals surface area contributed by atoms with E-state index >= 15 is 0 Å². The van der Waals surface area contributed by atoms with Crippen LogP contribution in [0.25, 0.3) is 0 Å². The predicted octanol–water partition coefficient (Wildman–Crippen LogP) is -1.17. The summed E-state index contributed by atoms with van der Waals surface area (Å²) in [5.41, 5.74) is 0. The zero-order valence-electron chi connectivity index (χ0n) is 6.21. The maximum Gasteiger partial charge on any atom is 1.00 e. The molecule has 1 aromatic carbocycles. The molecule has 60 valence electrons. The topological polar surface area (TPSA) is 40.1 Å². The first-order chi connectivity index (χ1) is 5.11. The summed E-state index contributed by atoms with van der Waals surface area (Å²) in [6.07, 6.45) is 0. The van der Waals surface area contributed by atoms with Gasteiger partial charge in [-0.2, -0.15) is 0 Å². The molecule has 0 spiro atoms. The molecule has 0 aromatic heterocycles. The molecule has 2 nitrogen and oxygen atoms in total. The molecule has 0 saturated heterocycles. The molecule has 0 radical (unpaired) electrons. The minimum atomic E-state index is -2.36. The maximum absolute atomic E-state index is 12.6. The van der Waals surface area contributed by atoms with E-state index in [1.54, 1.807) is 0 Å². The fourth-order valence-electron chi connectivity index (χ4n) is 0.581. The molecule has 1 unspecified atom stereocenters. The van der Waals surface area contributed by atoms with Crippen molar-refractivity contribution < 1.29 is 42.7 Å². The maximum atomic E-state index is 12.6. The average Bonchev–Trinajstić information content (AvgIpc) is 1.94. The van der Waals surface area contributed by atoms with E-state index in [2.05, 4.69) is 15.9 Å². The Morgan fingerprint density at radius 3 is 2.50 bits per heavy atom. The van der Waals surface area contributed by atoms with Crippen LogP contribution in [0.1, 0.15) is 0 Å². The predicted molar refractivity (Wildman–Crippen MR) is 41.3 cm³/mol. The van der Waals surface area contributed by atoms with Gasteiger partial charge in [-0.3, -0.25) is 4.21 Å². The third-order valence-corrected chi connectivity index (χ3v) is 2.37. The van der Waals surface area contributed by atoms with Crippen LogP contribution >= 0.6 is 15.9 Å². The van der Waals surface area contributed by atoms with Gasteiger partial charge in [-0.05, 0) is 45.2 Å². The van der Waals surface area contributed by atoms with Gasteiger partial charge >= 0.3 is 29.6 Å². The number of hydrogen-bond acceptors (Lipinski definition) is 2. The number of rotatable bonds is 1. The molecule has 1 rings (SSSR count). The number of benzene rings is 1.